The van der Waals surface area contributed by atoms with E-state index in [0.29, 0.717) is 28.8 Å². The van der Waals surface area contributed by atoms with E-state index in [9.17, 15) is 4.79 Å². The molecule has 0 unspecified atom stereocenters. The van der Waals surface area contributed by atoms with E-state index in [-0.39, 0.29) is 5.91 Å². The van der Waals surface area contributed by atoms with E-state index in [0.717, 1.165) is 22.1 Å². The van der Waals surface area contributed by atoms with Gasteiger partial charge >= 0.3 is 0 Å². The highest BCUT2D eigenvalue weighted by atomic mass is 35.5. The summed E-state index contributed by atoms with van der Waals surface area (Å²) in [6.45, 7) is 1.21. The first-order valence-electron chi connectivity index (χ1n) is 8.77. The molecular weight excluding hydrogens is 412 g/mol. The van der Waals surface area contributed by atoms with E-state index >= 15 is 0 Å². The van der Waals surface area contributed by atoms with Crippen LogP contribution in [0.3, 0.4) is 0 Å². The molecule has 3 aromatic rings. The van der Waals surface area contributed by atoms with E-state index in [4.69, 9.17) is 21.1 Å². The van der Waals surface area contributed by atoms with Crippen LogP contribution in [-0.2, 0) is 13.1 Å². The lowest BCUT2D eigenvalue weighted by Crippen LogP contribution is -2.17. The number of halogens is 1. The van der Waals surface area contributed by atoms with Crippen molar-refractivity contribution in [3.05, 3.63) is 63.1 Å². The molecule has 1 aromatic heterocycles. The molecule has 1 N–H and O–H groups in total. The van der Waals surface area contributed by atoms with Gasteiger partial charge in [-0.3, -0.25) is 9.69 Å². The third-order valence-electron chi connectivity index (χ3n) is 4.10. The van der Waals surface area contributed by atoms with Crippen molar-refractivity contribution >= 4 is 34.5 Å². The summed E-state index contributed by atoms with van der Waals surface area (Å²) in [5.41, 5.74) is 1.68. The molecular formula is C20H21ClN4O3S. The predicted molar refractivity (Wildman–Crippen MR) is 114 cm³/mol. The second-order valence-corrected chi connectivity index (χ2v) is 7.81. The Labute approximate surface area is 178 Å². The van der Waals surface area contributed by atoms with Crippen LogP contribution in [0.2, 0.25) is 5.02 Å². The summed E-state index contributed by atoms with van der Waals surface area (Å²) >= 11 is 7.12. The molecule has 9 heteroatoms. The molecule has 7 nitrogen and oxygen atoms in total. The van der Waals surface area contributed by atoms with Gasteiger partial charge in [-0.2, -0.15) is 0 Å². The topological polar surface area (TPSA) is 76.6 Å². The van der Waals surface area contributed by atoms with Crippen LogP contribution < -0.4 is 14.8 Å². The molecule has 0 spiro atoms. The van der Waals surface area contributed by atoms with Crippen LogP contribution in [0.4, 0.5) is 5.69 Å². The SMILES string of the molecule is COc1ccc(CN(C)Cc2nnc(C(=O)Nc3ccc(Cl)cc3)s2)c(OC)c1. The molecule has 0 radical (unpaired) electrons. The minimum atomic E-state index is -0.296. The first-order chi connectivity index (χ1) is 14.0. The summed E-state index contributed by atoms with van der Waals surface area (Å²) in [5.74, 6) is 1.21. The van der Waals surface area contributed by atoms with Gasteiger partial charge in [0.1, 0.15) is 16.5 Å². The molecule has 2 aromatic carbocycles. The smallest absolute Gasteiger partial charge is 0.286 e. The van der Waals surface area contributed by atoms with Crippen molar-refractivity contribution < 1.29 is 14.3 Å². The fraction of sp³-hybridized carbons (Fsp3) is 0.250. The Morgan fingerprint density at radius 2 is 1.86 bits per heavy atom. The maximum Gasteiger partial charge on any atom is 0.286 e. The molecule has 152 valence electrons. The van der Waals surface area contributed by atoms with E-state index < -0.39 is 0 Å². The standard InChI is InChI=1S/C20H21ClN4O3S/c1-25(11-13-4-9-16(27-2)10-17(13)28-3)12-18-23-24-20(29-18)19(26)22-15-7-5-14(21)6-8-15/h4-10H,11-12H2,1-3H3,(H,22,26). The van der Waals surface area contributed by atoms with Crippen molar-refractivity contribution in [2.45, 2.75) is 13.1 Å². The molecule has 3 rings (SSSR count). The van der Waals surface area contributed by atoms with Gasteiger partial charge in [0.25, 0.3) is 5.91 Å². The Hall–Kier alpha value is -2.68. The molecule has 0 fully saturated rings. The summed E-state index contributed by atoms with van der Waals surface area (Å²) in [7, 11) is 5.23. The molecule has 29 heavy (non-hydrogen) atoms. The zero-order valence-corrected chi connectivity index (χ0v) is 17.9. The molecule has 0 saturated heterocycles. The number of anilines is 1. The Morgan fingerprint density at radius 3 is 2.55 bits per heavy atom. The number of carbonyl (C=O) groups excluding carboxylic acids is 1. The number of hydrogen-bond acceptors (Lipinski definition) is 7. The molecule has 0 aliphatic rings. The van der Waals surface area contributed by atoms with Gasteiger partial charge in [0.15, 0.2) is 0 Å². The van der Waals surface area contributed by atoms with Gasteiger partial charge in [-0.05, 0) is 37.4 Å². The fourth-order valence-electron chi connectivity index (χ4n) is 2.69. The van der Waals surface area contributed by atoms with E-state index in [2.05, 4.69) is 20.4 Å². The van der Waals surface area contributed by atoms with Crippen molar-refractivity contribution in [2.75, 3.05) is 26.6 Å². The minimum absolute atomic E-state index is 0.296. The van der Waals surface area contributed by atoms with Gasteiger partial charge in [0.05, 0.1) is 20.8 Å². The number of nitrogens with zero attached hydrogens (tertiary/aromatic N) is 3. The number of ether oxygens (including phenoxy) is 2. The molecule has 1 amide bonds. The van der Waals surface area contributed by atoms with Gasteiger partial charge in [-0.25, -0.2) is 0 Å². The summed E-state index contributed by atoms with van der Waals surface area (Å²) in [5, 5.41) is 12.6. The van der Waals surface area contributed by atoms with Gasteiger partial charge in [-0.1, -0.05) is 29.0 Å². The van der Waals surface area contributed by atoms with E-state index in [1.807, 2.05) is 25.2 Å². The molecule has 1 heterocycles. The third kappa shape index (κ3) is 5.66. The van der Waals surface area contributed by atoms with Crippen molar-refractivity contribution in [2.24, 2.45) is 0 Å². The van der Waals surface area contributed by atoms with E-state index in [1.165, 1.54) is 11.3 Å². The number of nitrogens with one attached hydrogen (secondary N) is 1. The largest absolute Gasteiger partial charge is 0.497 e. The predicted octanol–water partition coefficient (Wildman–Crippen LogP) is 4.09. The van der Waals surface area contributed by atoms with Crippen molar-refractivity contribution in [1.29, 1.82) is 0 Å². The maximum atomic E-state index is 12.4. The summed E-state index contributed by atoms with van der Waals surface area (Å²) in [6.07, 6.45) is 0. The monoisotopic (exact) mass is 432 g/mol. The zero-order valence-electron chi connectivity index (χ0n) is 16.3. The second-order valence-electron chi connectivity index (χ2n) is 6.31. The normalized spacial score (nSPS) is 10.8. The average molecular weight is 433 g/mol. The number of carbonyl (C=O) groups is 1. The van der Waals surface area contributed by atoms with Crippen LogP contribution in [0.25, 0.3) is 0 Å². The first kappa shape index (κ1) is 21.0. The van der Waals surface area contributed by atoms with Crippen LogP contribution in [0.1, 0.15) is 20.4 Å². The summed E-state index contributed by atoms with van der Waals surface area (Å²) in [4.78, 5) is 14.4. The van der Waals surface area contributed by atoms with Crippen LogP contribution in [0.5, 0.6) is 11.5 Å². The van der Waals surface area contributed by atoms with Gasteiger partial charge < -0.3 is 14.8 Å². The van der Waals surface area contributed by atoms with Gasteiger partial charge in [-0.15, -0.1) is 10.2 Å². The van der Waals surface area contributed by atoms with Crippen LogP contribution in [-0.4, -0.2) is 42.3 Å². The number of amides is 1. The lowest BCUT2D eigenvalue weighted by atomic mass is 10.2. The number of methoxy groups -OCH3 is 2. The number of aromatic nitrogens is 2. The van der Waals surface area contributed by atoms with E-state index in [1.54, 1.807) is 38.5 Å². The summed E-state index contributed by atoms with van der Waals surface area (Å²) in [6, 6.07) is 12.6. The zero-order chi connectivity index (χ0) is 20.8. The Balaban J connectivity index is 1.60. The lowest BCUT2D eigenvalue weighted by molar-refractivity contribution is 0.102. The Kier molecular flexibility index (Phi) is 7.03. The highest BCUT2D eigenvalue weighted by Gasteiger charge is 2.15. The molecule has 0 aliphatic carbocycles. The second kappa shape index (κ2) is 9.69. The summed E-state index contributed by atoms with van der Waals surface area (Å²) < 4.78 is 10.7. The number of hydrogen-bond donors (Lipinski definition) is 1. The highest BCUT2D eigenvalue weighted by molar-refractivity contribution is 7.13. The minimum Gasteiger partial charge on any atom is -0.497 e. The average Bonchev–Trinajstić information content (AvgIpc) is 3.18. The van der Waals surface area contributed by atoms with Crippen molar-refractivity contribution in [3.8, 4) is 11.5 Å². The maximum absolute atomic E-state index is 12.4. The molecule has 0 bridgehead atoms. The van der Waals surface area contributed by atoms with Gasteiger partial charge in [0, 0.05) is 28.9 Å². The number of benzene rings is 2. The Morgan fingerprint density at radius 1 is 1.10 bits per heavy atom. The van der Waals surface area contributed by atoms with Crippen molar-refractivity contribution in [1.82, 2.24) is 15.1 Å². The Bertz CT molecular complexity index is 978. The van der Waals surface area contributed by atoms with Crippen LogP contribution in [0.15, 0.2) is 42.5 Å². The number of rotatable bonds is 8. The fourth-order valence-corrected chi connectivity index (χ4v) is 3.63. The van der Waals surface area contributed by atoms with Crippen LogP contribution in [0, 0.1) is 0 Å². The first-order valence-corrected chi connectivity index (χ1v) is 9.96. The quantitative estimate of drug-likeness (QED) is 0.577. The third-order valence-corrected chi connectivity index (χ3v) is 5.26. The van der Waals surface area contributed by atoms with Crippen molar-refractivity contribution in [3.63, 3.8) is 0 Å². The van der Waals surface area contributed by atoms with Crippen LogP contribution >= 0.6 is 22.9 Å². The molecule has 0 saturated carbocycles. The van der Waals surface area contributed by atoms with Gasteiger partial charge in [0.2, 0.25) is 5.01 Å². The lowest BCUT2D eigenvalue weighted by Gasteiger charge is -2.17. The highest BCUT2D eigenvalue weighted by Crippen LogP contribution is 2.26. The molecule has 0 aliphatic heterocycles. The molecule has 0 atom stereocenters.